The summed E-state index contributed by atoms with van der Waals surface area (Å²) in [6, 6.07) is 18.2. The van der Waals surface area contributed by atoms with Gasteiger partial charge in [-0.05, 0) is 74.5 Å². The summed E-state index contributed by atoms with van der Waals surface area (Å²) in [6.07, 6.45) is 1.09. The van der Waals surface area contributed by atoms with Crippen LogP contribution in [0.25, 0.3) is 31.7 Å². The van der Waals surface area contributed by atoms with E-state index in [1.807, 2.05) is 11.3 Å². The van der Waals surface area contributed by atoms with Gasteiger partial charge in [0.25, 0.3) is 0 Å². The van der Waals surface area contributed by atoms with Crippen molar-refractivity contribution in [1.29, 1.82) is 0 Å². The molecule has 2 aromatic carbocycles. The fraction of sp³-hybridized carbons (Fsp3) is 0.0526. The van der Waals surface area contributed by atoms with Gasteiger partial charge < -0.3 is 0 Å². The smallest absolute Gasteiger partial charge is 0.0381 e. The SMILES string of the molecule is c1csc(-c2ccc3cc4c(cc3c2)Cc2ccsc2-4)c1. The van der Waals surface area contributed by atoms with Crippen LogP contribution in [-0.4, -0.2) is 0 Å². The Morgan fingerprint density at radius 3 is 2.67 bits per heavy atom. The Morgan fingerprint density at radius 2 is 1.76 bits per heavy atom. The van der Waals surface area contributed by atoms with Crippen molar-refractivity contribution in [3.63, 3.8) is 0 Å². The summed E-state index contributed by atoms with van der Waals surface area (Å²) >= 11 is 3.67. The van der Waals surface area contributed by atoms with E-state index in [1.54, 1.807) is 11.3 Å². The van der Waals surface area contributed by atoms with Gasteiger partial charge in [-0.3, -0.25) is 0 Å². The molecule has 0 aliphatic heterocycles. The summed E-state index contributed by atoms with van der Waals surface area (Å²) in [5, 5.41) is 7.04. The molecule has 0 saturated heterocycles. The molecular weight excluding hydrogens is 292 g/mol. The van der Waals surface area contributed by atoms with E-state index in [-0.39, 0.29) is 0 Å². The molecule has 1 aliphatic carbocycles. The van der Waals surface area contributed by atoms with Crippen LogP contribution < -0.4 is 0 Å². The molecule has 21 heavy (non-hydrogen) atoms. The third-order valence-corrected chi connectivity index (χ3v) is 6.15. The van der Waals surface area contributed by atoms with Crippen LogP contribution in [0.3, 0.4) is 0 Å². The standard InChI is InChI=1S/C19H12S2/c1-2-18(20-6-1)13-4-3-12-11-17-16(10-15(12)8-13)9-14-5-7-21-19(14)17/h1-8,10-11H,9H2. The first-order valence-electron chi connectivity index (χ1n) is 7.06. The third kappa shape index (κ3) is 1.73. The van der Waals surface area contributed by atoms with E-state index < -0.39 is 0 Å². The molecule has 2 aromatic heterocycles. The van der Waals surface area contributed by atoms with Crippen molar-refractivity contribution in [3.05, 3.63) is 70.4 Å². The fourth-order valence-corrected chi connectivity index (χ4v) is 4.92. The quantitative estimate of drug-likeness (QED) is 0.346. The van der Waals surface area contributed by atoms with Gasteiger partial charge in [0.15, 0.2) is 0 Å². The summed E-state index contributed by atoms with van der Waals surface area (Å²) in [4.78, 5) is 2.81. The highest BCUT2D eigenvalue weighted by atomic mass is 32.1. The Morgan fingerprint density at radius 1 is 0.762 bits per heavy atom. The lowest BCUT2D eigenvalue weighted by atomic mass is 10.0. The minimum atomic E-state index is 1.09. The van der Waals surface area contributed by atoms with Gasteiger partial charge in [0.1, 0.15) is 0 Å². The van der Waals surface area contributed by atoms with E-state index in [4.69, 9.17) is 0 Å². The highest BCUT2D eigenvalue weighted by molar-refractivity contribution is 7.14. The predicted octanol–water partition coefficient (Wildman–Crippen LogP) is 6.20. The molecule has 0 spiro atoms. The number of thiophene rings is 2. The summed E-state index contributed by atoms with van der Waals surface area (Å²) < 4.78 is 0. The number of hydrogen-bond acceptors (Lipinski definition) is 2. The molecule has 2 heterocycles. The van der Waals surface area contributed by atoms with Gasteiger partial charge in [-0.25, -0.2) is 0 Å². The van der Waals surface area contributed by atoms with Crippen LogP contribution in [0.15, 0.2) is 59.3 Å². The molecule has 0 amide bonds. The van der Waals surface area contributed by atoms with E-state index in [0.29, 0.717) is 0 Å². The molecule has 100 valence electrons. The molecule has 0 N–H and O–H groups in total. The second kappa shape index (κ2) is 4.30. The van der Waals surface area contributed by atoms with Crippen molar-refractivity contribution in [1.82, 2.24) is 0 Å². The number of hydrogen-bond donors (Lipinski definition) is 0. The lowest BCUT2D eigenvalue weighted by molar-refractivity contribution is 1.28. The monoisotopic (exact) mass is 304 g/mol. The summed E-state index contributed by atoms with van der Waals surface area (Å²) in [5.41, 5.74) is 5.73. The van der Waals surface area contributed by atoms with E-state index in [2.05, 4.69) is 59.3 Å². The zero-order valence-electron chi connectivity index (χ0n) is 11.3. The second-order valence-corrected chi connectivity index (χ2v) is 7.36. The second-order valence-electron chi connectivity index (χ2n) is 5.50. The number of benzene rings is 2. The molecule has 0 fully saturated rings. The highest BCUT2D eigenvalue weighted by Crippen LogP contribution is 2.42. The van der Waals surface area contributed by atoms with E-state index in [0.717, 1.165) is 6.42 Å². The first-order valence-corrected chi connectivity index (χ1v) is 8.82. The first kappa shape index (κ1) is 11.7. The first-order chi connectivity index (χ1) is 10.4. The maximum atomic E-state index is 2.38. The molecule has 0 nitrogen and oxygen atoms in total. The minimum Gasteiger partial charge on any atom is -0.144 e. The van der Waals surface area contributed by atoms with E-state index in [1.165, 1.54) is 42.8 Å². The average Bonchev–Trinajstić information content (AvgIpc) is 3.21. The molecule has 0 unspecified atom stereocenters. The van der Waals surface area contributed by atoms with Crippen LogP contribution in [0.1, 0.15) is 11.1 Å². The average molecular weight is 304 g/mol. The number of rotatable bonds is 1. The Kier molecular flexibility index (Phi) is 2.40. The summed E-state index contributed by atoms with van der Waals surface area (Å²) in [5.74, 6) is 0. The highest BCUT2D eigenvalue weighted by Gasteiger charge is 2.20. The van der Waals surface area contributed by atoms with Crippen LogP contribution >= 0.6 is 22.7 Å². The van der Waals surface area contributed by atoms with Crippen molar-refractivity contribution in [2.24, 2.45) is 0 Å². The zero-order valence-corrected chi connectivity index (χ0v) is 12.9. The number of fused-ring (bicyclic) bond motifs is 4. The summed E-state index contributed by atoms with van der Waals surface area (Å²) in [6.45, 7) is 0. The van der Waals surface area contributed by atoms with Gasteiger partial charge in [-0.15, -0.1) is 22.7 Å². The van der Waals surface area contributed by atoms with Gasteiger partial charge in [0.05, 0.1) is 0 Å². The Labute approximate surface area is 131 Å². The van der Waals surface area contributed by atoms with Crippen LogP contribution in [-0.2, 0) is 6.42 Å². The molecule has 0 radical (unpaired) electrons. The molecule has 0 bridgehead atoms. The van der Waals surface area contributed by atoms with Crippen LogP contribution in [0.5, 0.6) is 0 Å². The summed E-state index contributed by atoms with van der Waals surface area (Å²) in [7, 11) is 0. The Hall–Kier alpha value is -1.90. The van der Waals surface area contributed by atoms with E-state index >= 15 is 0 Å². The van der Waals surface area contributed by atoms with Gasteiger partial charge in [-0.2, -0.15) is 0 Å². The van der Waals surface area contributed by atoms with Gasteiger partial charge in [-0.1, -0.05) is 24.3 Å². The van der Waals surface area contributed by atoms with Gasteiger partial charge in [0.2, 0.25) is 0 Å². The molecule has 5 rings (SSSR count). The molecular formula is C19H12S2. The van der Waals surface area contributed by atoms with Crippen LogP contribution in [0.2, 0.25) is 0 Å². The van der Waals surface area contributed by atoms with Gasteiger partial charge >= 0.3 is 0 Å². The molecule has 0 atom stereocenters. The zero-order chi connectivity index (χ0) is 13.8. The van der Waals surface area contributed by atoms with Crippen LogP contribution in [0.4, 0.5) is 0 Å². The third-order valence-electron chi connectivity index (χ3n) is 4.24. The van der Waals surface area contributed by atoms with Crippen molar-refractivity contribution in [3.8, 4) is 20.9 Å². The van der Waals surface area contributed by atoms with Gasteiger partial charge in [0, 0.05) is 9.75 Å². The maximum Gasteiger partial charge on any atom is 0.0381 e. The molecule has 4 aromatic rings. The fourth-order valence-electron chi connectivity index (χ4n) is 3.21. The van der Waals surface area contributed by atoms with Crippen molar-refractivity contribution < 1.29 is 0 Å². The van der Waals surface area contributed by atoms with Crippen molar-refractivity contribution in [2.45, 2.75) is 6.42 Å². The topological polar surface area (TPSA) is 0 Å². The maximum absolute atomic E-state index is 2.38. The van der Waals surface area contributed by atoms with Crippen molar-refractivity contribution in [2.75, 3.05) is 0 Å². The molecule has 0 saturated carbocycles. The minimum absolute atomic E-state index is 1.09. The lowest BCUT2D eigenvalue weighted by Crippen LogP contribution is -1.83. The lowest BCUT2D eigenvalue weighted by Gasteiger charge is -2.06. The van der Waals surface area contributed by atoms with Crippen LogP contribution in [0, 0.1) is 0 Å². The Bertz CT molecular complexity index is 959. The normalized spacial score (nSPS) is 12.6. The Balaban J connectivity index is 1.73. The van der Waals surface area contributed by atoms with Crippen molar-refractivity contribution >= 4 is 33.4 Å². The molecule has 2 heteroatoms. The van der Waals surface area contributed by atoms with E-state index in [9.17, 15) is 0 Å². The molecule has 1 aliphatic rings. The predicted molar refractivity (Wildman–Crippen MR) is 93.4 cm³/mol. The largest absolute Gasteiger partial charge is 0.144 e.